The number of nitrogens with zero attached hydrogens (tertiary/aromatic N) is 3. The first-order valence-electron chi connectivity index (χ1n) is 13.0. The molecule has 0 amide bonds. The van der Waals surface area contributed by atoms with Crippen LogP contribution in [0.1, 0.15) is 31.2 Å². The number of pyridine rings is 1. The SMILES string of the molecule is COC1CCC(N=C2C=C3C(C=C2Nc2ccccn2)Cc2ccccc2N3c2ccc(F)cc2)CC1. The van der Waals surface area contributed by atoms with Crippen LogP contribution >= 0.6 is 0 Å². The molecule has 1 aromatic heterocycles. The standard InChI is InChI=1S/C31H31FN4O/c1-37-26-15-11-24(12-16-26)34-28-20-30-22(19-27(28)35-31-8-4-5-17-33-31)18-21-6-2-3-7-29(21)36(30)25-13-9-23(32)10-14-25/h2-10,13-14,17,19-20,22,24,26H,11-12,15-16,18H2,1H3,(H,33,35). The third-order valence-electron chi connectivity index (χ3n) is 7.55. The minimum atomic E-state index is -0.237. The van der Waals surface area contributed by atoms with E-state index in [2.05, 4.69) is 51.6 Å². The van der Waals surface area contributed by atoms with Gasteiger partial charge in [-0.3, -0.25) is 4.99 Å². The number of aliphatic imine (C=N–C) groups is 1. The van der Waals surface area contributed by atoms with E-state index < -0.39 is 0 Å². The fraction of sp³-hybridized carbons (Fsp3) is 0.290. The topological polar surface area (TPSA) is 49.8 Å². The molecule has 0 spiro atoms. The summed E-state index contributed by atoms with van der Waals surface area (Å²) in [5, 5.41) is 3.54. The van der Waals surface area contributed by atoms with Gasteiger partial charge in [0, 0.05) is 36.3 Å². The molecule has 1 N–H and O–H groups in total. The van der Waals surface area contributed by atoms with E-state index in [0.29, 0.717) is 6.10 Å². The molecule has 0 saturated heterocycles. The van der Waals surface area contributed by atoms with Crippen LogP contribution in [0.15, 0.2) is 101 Å². The highest BCUT2D eigenvalue weighted by Crippen LogP contribution is 2.44. The smallest absolute Gasteiger partial charge is 0.130 e. The largest absolute Gasteiger partial charge is 0.381 e. The molecular weight excluding hydrogens is 463 g/mol. The van der Waals surface area contributed by atoms with Crippen molar-refractivity contribution < 1.29 is 9.13 Å². The highest BCUT2D eigenvalue weighted by molar-refractivity contribution is 6.12. The number of aromatic nitrogens is 1. The monoisotopic (exact) mass is 494 g/mol. The first kappa shape index (κ1) is 23.6. The summed E-state index contributed by atoms with van der Waals surface area (Å²) in [5.74, 6) is 0.709. The van der Waals surface area contributed by atoms with Crippen LogP contribution in [0, 0.1) is 11.7 Å². The molecule has 1 saturated carbocycles. The second-order valence-electron chi connectivity index (χ2n) is 9.92. The number of ether oxygens (including phenoxy) is 1. The van der Waals surface area contributed by atoms with E-state index in [1.54, 1.807) is 13.3 Å². The van der Waals surface area contributed by atoms with Crippen molar-refractivity contribution in [2.24, 2.45) is 10.9 Å². The van der Waals surface area contributed by atoms with Gasteiger partial charge < -0.3 is 15.0 Å². The zero-order valence-corrected chi connectivity index (χ0v) is 21.0. The van der Waals surface area contributed by atoms with Crippen LogP contribution in [0.3, 0.4) is 0 Å². The van der Waals surface area contributed by atoms with Gasteiger partial charge in [0.05, 0.1) is 23.6 Å². The Morgan fingerprint density at radius 1 is 0.973 bits per heavy atom. The molecule has 188 valence electrons. The van der Waals surface area contributed by atoms with Gasteiger partial charge in [-0.15, -0.1) is 0 Å². The fourth-order valence-electron chi connectivity index (χ4n) is 5.64. The summed E-state index contributed by atoms with van der Waals surface area (Å²) in [6, 6.07) is 21.3. The Bertz CT molecular complexity index is 1340. The number of benzene rings is 2. The Hall–Kier alpha value is -3.77. The van der Waals surface area contributed by atoms with Gasteiger partial charge in [-0.25, -0.2) is 9.37 Å². The molecule has 3 aliphatic rings. The van der Waals surface area contributed by atoms with Crippen LogP contribution < -0.4 is 10.2 Å². The average Bonchev–Trinajstić information content (AvgIpc) is 2.94. The summed E-state index contributed by atoms with van der Waals surface area (Å²) in [5.41, 5.74) is 6.41. The number of hydrogen-bond donors (Lipinski definition) is 1. The lowest BCUT2D eigenvalue weighted by Crippen LogP contribution is -2.33. The van der Waals surface area contributed by atoms with Gasteiger partial charge >= 0.3 is 0 Å². The highest BCUT2D eigenvalue weighted by atomic mass is 19.1. The molecule has 2 aromatic carbocycles. The van der Waals surface area contributed by atoms with Crippen molar-refractivity contribution in [2.75, 3.05) is 17.3 Å². The van der Waals surface area contributed by atoms with Crippen molar-refractivity contribution in [2.45, 2.75) is 44.2 Å². The zero-order chi connectivity index (χ0) is 25.2. The third-order valence-corrected chi connectivity index (χ3v) is 7.55. The van der Waals surface area contributed by atoms with E-state index in [0.717, 1.165) is 66.4 Å². The van der Waals surface area contributed by atoms with Crippen molar-refractivity contribution in [3.05, 3.63) is 108 Å². The molecule has 2 heterocycles. The Morgan fingerprint density at radius 2 is 1.76 bits per heavy atom. The minimum Gasteiger partial charge on any atom is -0.381 e. The normalized spacial score (nSPS) is 24.1. The van der Waals surface area contributed by atoms with E-state index in [-0.39, 0.29) is 17.8 Å². The van der Waals surface area contributed by atoms with Gasteiger partial charge in [0.25, 0.3) is 0 Å². The second kappa shape index (κ2) is 10.3. The van der Waals surface area contributed by atoms with Gasteiger partial charge in [0.1, 0.15) is 11.6 Å². The van der Waals surface area contributed by atoms with E-state index in [1.807, 2.05) is 30.3 Å². The molecule has 3 aromatic rings. The van der Waals surface area contributed by atoms with Gasteiger partial charge in [-0.1, -0.05) is 24.3 Å². The van der Waals surface area contributed by atoms with Crippen molar-refractivity contribution in [1.29, 1.82) is 0 Å². The van der Waals surface area contributed by atoms with Gasteiger partial charge in [-0.2, -0.15) is 0 Å². The fourth-order valence-corrected chi connectivity index (χ4v) is 5.64. The van der Waals surface area contributed by atoms with Crippen LogP contribution in [0.4, 0.5) is 21.6 Å². The average molecular weight is 495 g/mol. The number of hydrogen-bond acceptors (Lipinski definition) is 5. The van der Waals surface area contributed by atoms with Crippen LogP contribution in [0.5, 0.6) is 0 Å². The lowest BCUT2D eigenvalue weighted by atomic mass is 9.84. The summed E-state index contributed by atoms with van der Waals surface area (Å²) < 4.78 is 19.4. The van der Waals surface area contributed by atoms with Crippen molar-refractivity contribution in [3.63, 3.8) is 0 Å². The number of nitrogens with one attached hydrogen (secondary N) is 1. The highest BCUT2D eigenvalue weighted by Gasteiger charge is 2.33. The minimum absolute atomic E-state index is 0.148. The summed E-state index contributed by atoms with van der Waals surface area (Å²) in [4.78, 5) is 12.0. The number of allylic oxidation sites excluding steroid dienone is 2. The number of fused-ring (bicyclic) bond motifs is 2. The summed E-state index contributed by atoms with van der Waals surface area (Å²) in [6.45, 7) is 0. The number of anilines is 3. The van der Waals surface area contributed by atoms with Gasteiger partial charge in [0.15, 0.2) is 0 Å². The Balaban J connectivity index is 1.43. The maximum Gasteiger partial charge on any atom is 0.130 e. The molecule has 1 fully saturated rings. The summed E-state index contributed by atoms with van der Waals surface area (Å²) in [6.07, 6.45) is 11.6. The molecule has 1 aliphatic heterocycles. The number of halogens is 1. The van der Waals surface area contributed by atoms with Crippen LogP contribution in [0.2, 0.25) is 0 Å². The quantitative estimate of drug-likeness (QED) is 0.423. The Kier molecular flexibility index (Phi) is 6.58. The van der Waals surface area contributed by atoms with Gasteiger partial charge in [0.2, 0.25) is 0 Å². The number of para-hydroxylation sites is 1. The summed E-state index contributed by atoms with van der Waals surface area (Å²) in [7, 11) is 1.80. The van der Waals surface area contributed by atoms with Crippen LogP contribution in [-0.4, -0.2) is 30.0 Å². The van der Waals surface area contributed by atoms with E-state index in [1.165, 1.54) is 17.7 Å². The van der Waals surface area contributed by atoms with E-state index in [9.17, 15) is 4.39 Å². The molecule has 1 unspecified atom stereocenters. The second-order valence-corrected chi connectivity index (χ2v) is 9.92. The van der Waals surface area contributed by atoms with Gasteiger partial charge in [-0.05, 0) is 92.3 Å². The first-order chi connectivity index (χ1) is 18.2. The number of rotatable bonds is 5. The van der Waals surface area contributed by atoms with Crippen LogP contribution in [0.25, 0.3) is 0 Å². The lowest BCUT2D eigenvalue weighted by Gasteiger charge is -2.40. The van der Waals surface area contributed by atoms with E-state index >= 15 is 0 Å². The van der Waals surface area contributed by atoms with Crippen molar-refractivity contribution >= 4 is 22.9 Å². The molecule has 37 heavy (non-hydrogen) atoms. The molecule has 6 heteroatoms. The van der Waals surface area contributed by atoms with Crippen LogP contribution in [-0.2, 0) is 11.2 Å². The molecule has 2 aliphatic carbocycles. The Labute approximate surface area is 217 Å². The molecule has 5 nitrogen and oxygen atoms in total. The molecule has 0 radical (unpaired) electrons. The summed E-state index contributed by atoms with van der Waals surface area (Å²) >= 11 is 0. The van der Waals surface area contributed by atoms with E-state index in [4.69, 9.17) is 9.73 Å². The van der Waals surface area contributed by atoms with Crippen molar-refractivity contribution in [3.8, 4) is 0 Å². The molecule has 1 atom stereocenters. The first-order valence-corrected chi connectivity index (χ1v) is 13.0. The maximum absolute atomic E-state index is 13.8. The predicted octanol–water partition coefficient (Wildman–Crippen LogP) is 6.82. The lowest BCUT2D eigenvalue weighted by molar-refractivity contribution is 0.0667. The predicted molar refractivity (Wildman–Crippen MR) is 147 cm³/mol. The molecule has 6 rings (SSSR count). The maximum atomic E-state index is 13.8. The molecule has 0 bridgehead atoms. The molecular formula is C31H31FN4O. The zero-order valence-electron chi connectivity index (χ0n) is 21.0. The number of methoxy groups -OCH3 is 1. The van der Waals surface area contributed by atoms with Crippen molar-refractivity contribution in [1.82, 2.24) is 4.98 Å². The Morgan fingerprint density at radius 3 is 2.51 bits per heavy atom. The third kappa shape index (κ3) is 4.94.